The molecule has 0 heterocycles. The zero-order valence-corrected chi connectivity index (χ0v) is 15.9. The maximum atomic E-state index is 12.2. The minimum Gasteiger partial charge on any atom is -0.390 e. The van der Waals surface area contributed by atoms with Crippen molar-refractivity contribution in [2.75, 3.05) is 0 Å². The standard InChI is InChI=1S/C22H36O2/c1-4-22(24)12-10-16-15(13-22)5-6-18-17(16)9-11-21(3)19(14(2)23)7-8-20(18)21/h15-20,24H,4-13H2,1-3H3/t15-,16?,17+,18+,19+,20-,21+,22+/m0/s1. The van der Waals surface area contributed by atoms with E-state index in [1.54, 1.807) is 0 Å². The van der Waals surface area contributed by atoms with Crippen LogP contribution in [0.15, 0.2) is 0 Å². The van der Waals surface area contributed by atoms with Crippen LogP contribution in [0.5, 0.6) is 0 Å². The molecule has 4 rings (SSSR count). The van der Waals surface area contributed by atoms with Gasteiger partial charge in [0.05, 0.1) is 5.60 Å². The molecule has 4 saturated carbocycles. The molecule has 0 aromatic carbocycles. The van der Waals surface area contributed by atoms with Crippen molar-refractivity contribution in [2.45, 2.75) is 90.6 Å². The second-order valence-corrected chi connectivity index (χ2v) is 10.0. The van der Waals surface area contributed by atoms with Crippen LogP contribution in [0.3, 0.4) is 0 Å². The first-order chi connectivity index (χ1) is 11.4. The summed E-state index contributed by atoms with van der Waals surface area (Å²) in [5.74, 6) is 4.93. The normalized spacial score (nSPS) is 53.8. The van der Waals surface area contributed by atoms with Gasteiger partial charge in [-0.25, -0.2) is 0 Å². The molecule has 2 nitrogen and oxygen atoms in total. The molecule has 0 amide bonds. The van der Waals surface area contributed by atoms with E-state index in [9.17, 15) is 9.90 Å². The molecule has 1 unspecified atom stereocenters. The Morgan fingerprint density at radius 2 is 1.75 bits per heavy atom. The Bertz CT molecular complexity index is 514. The molecule has 0 radical (unpaired) electrons. The van der Waals surface area contributed by atoms with Crippen molar-refractivity contribution >= 4 is 5.78 Å². The van der Waals surface area contributed by atoms with Gasteiger partial charge in [0.2, 0.25) is 0 Å². The average molecular weight is 333 g/mol. The summed E-state index contributed by atoms with van der Waals surface area (Å²) in [6, 6.07) is 0. The van der Waals surface area contributed by atoms with E-state index in [2.05, 4.69) is 13.8 Å². The number of ketones is 1. The molecule has 4 aliphatic rings. The Morgan fingerprint density at radius 3 is 2.46 bits per heavy atom. The van der Waals surface area contributed by atoms with Crippen LogP contribution in [0.4, 0.5) is 0 Å². The Kier molecular flexibility index (Phi) is 4.14. The summed E-state index contributed by atoms with van der Waals surface area (Å²) in [5.41, 5.74) is -0.0804. The van der Waals surface area contributed by atoms with Crippen molar-refractivity contribution in [3.63, 3.8) is 0 Å². The first kappa shape index (κ1) is 17.1. The number of aliphatic hydroxyl groups is 1. The third-order valence-electron chi connectivity index (χ3n) is 9.25. The van der Waals surface area contributed by atoms with Crippen molar-refractivity contribution in [1.82, 2.24) is 0 Å². The van der Waals surface area contributed by atoms with Gasteiger partial charge in [-0.15, -0.1) is 0 Å². The predicted molar refractivity (Wildman–Crippen MR) is 96.5 cm³/mol. The van der Waals surface area contributed by atoms with Gasteiger partial charge in [-0.05, 0) is 106 Å². The molecule has 136 valence electrons. The minimum absolute atomic E-state index is 0.290. The average Bonchev–Trinajstić information content (AvgIpc) is 2.91. The molecule has 0 aromatic rings. The summed E-state index contributed by atoms with van der Waals surface area (Å²) in [4.78, 5) is 12.2. The molecule has 2 heteroatoms. The Hall–Kier alpha value is -0.370. The van der Waals surface area contributed by atoms with Gasteiger partial charge >= 0.3 is 0 Å². The molecule has 4 aliphatic carbocycles. The summed E-state index contributed by atoms with van der Waals surface area (Å²) < 4.78 is 0. The van der Waals surface area contributed by atoms with Crippen LogP contribution < -0.4 is 0 Å². The van der Waals surface area contributed by atoms with Crippen LogP contribution in [0.1, 0.15) is 85.0 Å². The topological polar surface area (TPSA) is 37.3 Å². The van der Waals surface area contributed by atoms with E-state index in [-0.39, 0.29) is 5.60 Å². The van der Waals surface area contributed by atoms with Crippen LogP contribution in [0.25, 0.3) is 0 Å². The minimum atomic E-state index is -0.371. The van der Waals surface area contributed by atoms with Crippen molar-refractivity contribution in [2.24, 2.45) is 40.9 Å². The lowest BCUT2D eigenvalue weighted by Gasteiger charge is -2.57. The van der Waals surface area contributed by atoms with Gasteiger partial charge in [-0.3, -0.25) is 4.79 Å². The second-order valence-electron chi connectivity index (χ2n) is 10.0. The van der Waals surface area contributed by atoms with E-state index in [1.165, 1.54) is 38.5 Å². The van der Waals surface area contributed by atoms with E-state index < -0.39 is 0 Å². The van der Waals surface area contributed by atoms with E-state index >= 15 is 0 Å². The van der Waals surface area contributed by atoms with E-state index in [4.69, 9.17) is 0 Å². The molecule has 4 fully saturated rings. The number of hydrogen-bond acceptors (Lipinski definition) is 2. The van der Waals surface area contributed by atoms with Crippen LogP contribution in [-0.2, 0) is 4.79 Å². The fourth-order valence-corrected chi connectivity index (χ4v) is 7.95. The number of Topliss-reactive ketones (excluding diaryl/α,β-unsaturated/α-hetero) is 1. The van der Waals surface area contributed by atoms with Crippen molar-refractivity contribution in [3.8, 4) is 0 Å². The highest BCUT2D eigenvalue weighted by atomic mass is 16.3. The lowest BCUT2D eigenvalue weighted by Crippen LogP contribution is -2.51. The first-order valence-corrected chi connectivity index (χ1v) is 10.6. The zero-order valence-electron chi connectivity index (χ0n) is 15.9. The Balaban J connectivity index is 1.54. The van der Waals surface area contributed by atoms with Gasteiger partial charge in [-0.2, -0.15) is 0 Å². The van der Waals surface area contributed by atoms with Crippen LogP contribution >= 0.6 is 0 Å². The lowest BCUT2D eigenvalue weighted by atomic mass is 9.48. The number of carbonyl (C=O) groups excluding carboxylic acids is 1. The fourth-order valence-electron chi connectivity index (χ4n) is 7.95. The van der Waals surface area contributed by atoms with Gasteiger partial charge in [0.1, 0.15) is 5.78 Å². The molecule has 0 spiro atoms. The van der Waals surface area contributed by atoms with Gasteiger partial charge in [0.15, 0.2) is 0 Å². The summed E-state index contributed by atoms with van der Waals surface area (Å²) in [6.07, 6.45) is 12.0. The highest BCUT2D eigenvalue weighted by Gasteiger charge is 2.58. The van der Waals surface area contributed by atoms with Crippen molar-refractivity contribution in [1.29, 1.82) is 0 Å². The number of rotatable bonds is 2. The van der Waals surface area contributed by atoms with Gasteiger partial charge in [0, 0.05) is 5.92 Å². The van der Waals surface area contributed by atoms with Crippen LogP contribution in [0, 0.1) is 40.9 Å². The zero-order chi connectivity index (χ0) is 17.1. The molecule has 0 saturated heterocycles. The highest BCUT2D eigenvalue weighted by Crippen LogP contribution is 2.64. The molecular formula is C22H36O2. The quantitative estimate of drug-likeness (QED) is 0.774. The number of fused-ring (bicyclic) bond motifs is 5. The molecular weight excluding hydrogens is 296 g/mol. The first-order valence-electron chi connectivity index (χ1n) is 10.6. The largest absolute Gasteiger partial charge is 0.390 e. The Morgan fingerprint density at radius 1 is 1.00 bits per heavy atom. The third kappa shape index (κ3) is 2.42. The summed E-state index contributed by atoms with van der Waals surface area (Å²) in [7, 11) is 0. The number of hydrogen-bond donors (Lipinski definition) is 1. The molecule has 24 heavy (non-hydrogen) atoms. The smallest absolute Gasteiger partial charge is 0.133 e. The lowest BCUT2D eigenvalue weighted by molar-refractivity contribution is -0.131. The van der Waals surface area contributed by atoms with Crippen LogP contribution in [-0.4, -0.2) is 16.5 Å². The van der Waals surface area contributed by atoms with E-state index in [1.807, 2.05) is 6.92 Å². The van der Waals surface area contributed by atoms with Crippen LogP contribution in [0.2, 0.25) is 0 Å². The van der Waals surface area contributed by atoms with Gasteiger partial charge < -0.3 is 5.11 Å². The summed E-state index contributed by atoms with van der Waals surface area (Å²) >= 11 is 0. The molecule has 1 N–H and O–H groups in total. The second kappa shape index (κ2) is 5.83. The highest BCUT2D eigenvalue weighted by molar-refractivity contribution is 5.79. The van der Waals surface area contributed by atoms with Gasteiger partial charge in [0.25, 0.3) is 0 Å². The summed E-state index contributed by atoms with van der Waals surface area (Å²) in [5, 5.41) is 10.8. The molecule has 0 aliphatic heterocycles. The molecule has 0 bridgehead atoms. The maximum absolute atomic E-state index is 12.2. The molecule has 8 atom stereocenters. The van der Waals surface area contributed by atoms with Crippen molar-refractivity contribution < 1.29 is 9.90 Å². The maximum Gasteiger partial charge on any atom is 0.133 e. The third-order valence-corrected chi connectivity index (χ3v) is 9.25. The Labute approximate surface area is 147 Å². The predicted octanol–water partition coefficient (Wildman–Crippen LogP) is 4.99. The molecule has 0 aromatic heterocycles. The monoisotopic (exact) mass is 332 g/mol. The van der Waals surface area contributed by atoms with E-state index in [0.717, 1.165) is 55.3 Å². The van der Waals surface area contributed by atoms with E-state index in [0.29, 0.717) is 17.1 Å². The van der Waals surface area contributed by atoms with Crippen molar-refractivity contribution in [3.05, 3.63) is 0 Å². The van der Waals surface area contributed by atoms with Gasteiger partial charge in [-0.1, -0.05) is 13.8 Å². The number of carbonyl (C=O) groups is 1. The SMILES string of the molecule is CC[C@@]1(O)CCC2[C@@H](CC[C@@H]3[C@@H]2CC[C@]2(C)[C@@H](C(C)=O)CC[C@@H]32)C1. The summed E-state index contributed by atoms with van der Waals surface area (Å²) in [6.45, 7) is 6.42. The fraction of sp³-hybridized carbons (Fsp3) is 0.955.